The quantitative estimate of drug-likeness (QED) is 0.357. The van der Waals surface area contributed by atoms with E-state index in [1.54, 1.807) is 0 Å². The van der Waals surface area contributed by atoms with E-state index in [1.807, 2.05) is 13.8 Å². The molecular weight excluding hydrogens is 348 g/mol. The number of benzene rings is 1. The second-order valence-corrected chi connectivity index (χ2v) is 14.5. The molecule has 144 valence electrons. The molecule has 0 fully saturated rings. The number of rotatable bonds is 13. The maximum absolute atomic E-state index is 5.90. The van der Waals surface area contributed by atoms with Gasteiger partial charge in [-0.2, -0.15) is 0 Å². The Kier molecular flexibility index (Phi) is 9.96. The number of hydrogen-bond donors (Lipinski definition) is 0. The highest BCUT2D eigenvalue weighted by Crippen LogP contribution is 2.19. The highest BCUT2D eigenvalue weighted by atomic mass is 28.4. The molecule has 0 unspecified atom stereocenters. The predicted molar refractivity (Wildman–Crippen MR) is 109 cm³/mol. The van der Waals surface area contributed by atoms with Crippen molar-refractivity contribution in [3.05, 3.63) is 29.8 Å². The molecule has 0 atom stereocenters. The van der Waals surface area contributed by atoms with Crippen LogP contribution in [0.3, 0.4) is 0 Å². The molecular formula is C19H36O4Si2. The summed E-state index contributed by atoms with van der Waals surface area (Å²) in [6, 6.07) is 10.4. The minimum Gasteiger partial charge on any atom is -0.494 e. The summed E-state index contributed by atoms with van der Waals surface area (Å²) in [4.78, 5) is 0. The summed E-state index contributed by atoms with van der Waals surface area (Å²) in [6.07, 6.45) is 0.953. The molecule has 0 spiro atoms. The third kappa shape index (κ3) is 9.01. The molecule has 0 saturated heterocycles. The Bertz CT molecular complexity index is 471. The summed E-state index contributed by atoms with van der Waals surface area (Å²) >= 11 is 0. The van der Waals surface area contributed by atoms with E-state index in [2.05, 4.69) is 50.8 Å². The molecule has 1 aromatic carbocycles. The van der Waals surface area contributed by atoms with Crippen LogP contribution in [0.25, 0.3) is 0 Å². The second kappa shape index (κ2) is 11.1. The first-order chi connectivity index (χ1) is 11.8. The summed E-state index contributed by atoms with van der Waals surface area (Å²) in [7, 11) is -3.61. The summed E-state index contributed by atoms with van der Waals surface area (Å²) < 4.78 is 23.5. The molecule has 25 heavy (non-hydrogen) atoms. The van der Waals surface area contributed by atoms with Crippen molar-refractivity contribution in [1.29, 1.82) is 0 Å². The van der Waals surface area contributed by atoms with Gasteiger partial charge in [0, 0.05) is 19.8 Å². The lowest BCUT2D eigenvalue weighted by atomic mass is 10.2. The molecule has 0 aromatic heterocycles. The van der Waals surface area contributed by atoms with Crippen molar-refractivity contribution in [2.24, 2.45) is 0 Å². The Balaban J connectivity index is 2.41. The third-order valence-corrected chi connectivity index (χ3v) is 9.42. The van der Waals surface area contributed by atoms with Crippen molar-refractivity contribution >= 4 is 16.9 Å². The average molecular weight is 385 g/mol. The van der Waals surface area contributed by atoms with E-state index in [0.29, 0.717) is 19.8 Å². The lowest BCUT2D eigenvalue weighted by Gasteiger charge is -2.25. The monoisotopic (exact) mass is 384 g/mol. The molecule has 4 nitrogen and oxygen atoms in total. The Hall–Kier alpha value is -0.666. The zero-order chi connectivity index (χ0) is 18.8. The van der Waals surface area contributed by atoms with Crippen LogP contribution < -0.4 is 4.74 Å². The first-order valence-corrected chi connectivity index (χ1v) is 15.1. The summed E-state index contributed by atoms with van der Waals surface area (Å²) in [6.45, 7) is 15.7. The molecule has 0 bridgehead atoms. The van der Waals surface area contributed by atoms with Gasteiger partial charge in [-0.05, 0) is 76.6 Å². The van der Waals surface area contributed by atoms with Gasteiger partial charge in [-0.15, -0.1) is 0 Å². The fraction of sp³-hybridized carbons (Fsp3) is 0.684. The van der Waals surface area contributed by atoms with Gasteiger partial charge in [0.2, 0.25) is 0 Å². The summed E-state index contributed by atoms with van der Waals surface area (Å²) in [5, 5.41) is 0. The third-order valence-electron chi connectivity index (χ3n) is 4.03. The van der Waals surface area contributed by atoms with Crippen molar-refractivity contribution in [2.45, 2.75) is 58.9 Å². The van der Waals surface area contributed by atoms with E-state index in [1.165, 1.54) is 5.56 Å². The molecule has 1 aromatic rings. The lowest BCUT2D eigenvalue weighted by Crippen LogP contribution is -2.38. The summed E-state index contributed by atoms with van der Waals surface area (Å²) in [5.41, 5.74) is 1.32. The van der Waals surface area contributed by atoms with Crippen LogP contribution in [0, 0.1) is 0 Å². The van der Waals surface area contributed by atoms with Gasteiger partial charge in [0.1, 0.15) is 5.75 Å². The Morgan fingerprint density at radius 1 is 0.800 bits per heavy atom. The van der Waals surface area contributed by atoms with Gasteiger partial charge in [-0.1, -0.05) is 12.1 Å². The van der Waals surface area contributed by atoms with Gasteiger partial charge in [0.05, 0.1) is 6.61 Å². The van der Waals surface area contributed by atoms with Crippen LogP contribution in [0.2, 0.25) is 25.7 Å². The van der Waals surface area contributed by atoms with E-state index in [4.69, 9.17) is 18.0 Å². The average Bonchev–Trinajstić information content (AvgIpc) is 2.53. The first-order valence-electron chi connectivity index (χ1n) is 9.47. The van der Waals surface area contributed by atoms with Crippen LogP contribution in [0.1, 0.15) is 32.8 Å². The zero-order valence-corrected chi connectivity index (χ0v) is 18.9. The van der Waals surface area contributed by atoms with E-state index >= 15 is 0 Å². The Labute approximate surface area is 156 Å². The molecule has 0 aliphatic heterocycles. The van der Waals surface area contributed by atoms with Gasteiger partial charge in [-0.3, -0.25) is 0 Å². The number of hydrogen-bond acceptors (Lipinski definition) is 4. The Morgan fingerprint density at radius 2 is 1.36 bits per heavy atom. The van der Waals surface area contributed by atoms with Crippen LogP contribution in [-0.2, 0) is 19.3 Å². The first kappa shape index (κ1) is 22.4. The van der Waals surface area contributed by atoms with Crippen molar-refractivity contribution in [3.63, 3.8) is 0 Å². The number of ether oxygens (including phenoxy) is 1. The van der Waals surface area contributed by atoms with Crippen LogP contribution in [0.5, 0.6) is 5.75 Å². The van der Waals surface area contributed by atoms with Gasteiger partial charge < -0.3 is 18.0 Å². The predicted octanol–water partition coefficient (Wildman–Crippen LogP) is 4.92. The standard InChI is InChI=1S/C19H36O4Si2/c1-7-21-24(4,5)17-18-11-13-19(14-12-18)20-15-10-16-25(6,22-8-2)23-9-3/h11-14H,7-10,15-17H2,1-6H3. The molecule has 0 N–H and O–H groups in total. The van der Waals surface area contributed by atoms with Gasteiger partial charge in [-0.25, -0.2) is 0 Å². The van der Waals surface area contributed by atoms with E-state index in [0.717, 1.165) is 30.9 Å². The normalized spacial score (nSPS) is 12.4. The van der Waals surface area contributed by atoms with E-state index in [-0.39, 0.29) is 0 Å². The molecule has 0 aliphatic carbocycles. The second-order valence-electron chi connectivity index (χ2n) is 6.97. The van der Waals surface area contributed by atoms with Crippen molar-refractivity contribution in [2.75, 3.05) is 26.4 Å². The lowest BCUT2D eigenvalue weighted by molar-refractivity contribution is 0.185. The van der Waals surface area contributed by atoms with Crippen LogP contribution in [-0.4, -0.2) is 43.3 Å². The SMILES string of the molecule is CCO[Si](C)(C)Cc1ccc(OCCC[Si](C)(OCC)OCC)cc1. The van der Waals surface area contributed by atoms with Crippen LogP contribution in [0.15, 0.2) is 24.3 Å². The smallest absolute Gasteiger partial charge is 0.335 e. The molecule has 0 aliphatic rings. The molecule has 0 amide bonds. The molecule has 0 saturated carbocycles. The zero-order valence-electron chi connectivity index (χ0n) is 16.9. The van der Waals surface area contributed by atoms with Gasteiger partial charge in [0.25, 0.3) is 0 Å². The minimum atomic E-state index is -2.02. The maximum Gasteiger partial charge on any atom is 0.335 e. The fourth-order valence-corrected chi connectivity index (χ4v) is 7.50. The molecule has 6 heteroatoms. The van der Waals surface area contributed by atoms with Crippen molar-refractivity contribution in [1.82, 2.24) is 0 Å². The van der Waals surface area contributed by atoms with Gasteiger partial charge in [0.15, 0.2) is 8.32 Å². The van der Waals surface area contributed by atoms with Crippen LogP contribution >= 0.6 is 0 Å². The Morgan fingerprint density at radius 3 is 1.88 bits per heavy atom. The van der Waals surface area contributed by atoms with Crippen LogP contribution in [0.4, 0.5) is 0 Å². The molecule has 0 heterocycles. The highest BCUT2D eigenvalue weighted by Gasteiger charge is 2.30. The van der Waals surface area contributed by atoms with Crippen molar-refractivity contribution in [3.8, 4) is 5.75 Å². The van der Waals surface area contributed by atoms with Crippen molar-refractivity contribution < 1.29 is 18.0 Å². The largest absolute Gasteiger partial charge is 0.494 e. The maximum atomic E-state index is 5.90. The molecule has 1 rings (SSSR count). The minimum absolute atomic E-state index is 0.696. The van der Waals surface area contributed by atoms with E-state index < -0.39 is 16.9 Å². The summed E-state index contributed by atoms with van der Waals surface area (Å²) in [5.74, 6) is 0.927. The molecule has 0 radical (unpaired) electrons. The fourth-order valence-electron chi connectivity index (χ4n) is 3.02. The van der Waals surface area contributed by atoms with E-state index in [9.17, 15) is 0 Å². The highest BCUT2D eigenvalue weighted by molar-refractivity contribution is 6.70. The topological polar surface area (TPSA) is 36.9 Å². The van der Waals surface area contributed by atoms with Gasteiger partial charge >= 0.3 is 8.56 Å².